The Morgan fingerprint density at radius 1 is 0.433 bits per heavy atom. The lowest BCUT2D eigenvalue weighted by molar-refractivity contribution is -0.138. The van der Waals surface area contributed by atoms with Gasteiger partial charge in [-0.1, -0.05) is 68.2 Å². The number of carboxylic acid groups (broad SMARTS) is 1. The smallest absolute Gasteiger partial charge is 0.322 e. The number of hydrogen-bond acceptors (Lipinski definition) is 20. The number of carbonyl (C=O) groups excluding carboxylic acids is 13. The molecule has 0 aromatic rings. The predicted molar refractivity (Wildman–Crippen MR) is 392 cm³/mol. The number of rotatable bonds is 55. The normalized spacial score (nSPS) is 16.4. The van der Waals surface area contributed by atoms with E-state index in [0.717, 1.165) is 6.42 Å². The van der Waals surface area contributed by atoms with Crippen molar-refractivity contribution in [2.75, 3.05) is 45.8 Å². The van der Waals surface area contributed by atoms with E-state index < -0.39 is 180 Å². The lowest BCUT2D eigenvalue weighted by Crippen LogP contribution is -2.62. The van der Waals surface area contributed by atoms with Crippen LogP contribution in [0.15, 0.2) is 4.99 Å². The molecule has 1 heterocycles. The van der Waals surface area contributed by atoms with Crippen LogP contribution in [0.3, 0.4) is 0 Å². The summed E-state index contributed by atoms with van der Waals surface area (Å²) in [6, 6.07) is -14.9. The number of carboxylic acids is 1. The van der Waals surface area contributed by atoms with Crippen LogP contribution < -0.4 is 109 Å². The number of guanidine groups is 1. The summed E-state index contributed by atoms with van der Waals surface area (Å²) in [5.74, 6) is -13.4. The van der Waals surface area contributed by atoms with Crippen molar-refractivity contribution in [1.82, 2.24) is 69.1 Å². The Kier molecular flexibility index (Phi) is 46.6. The molecule has 36 heteroatoms. The van der Waals surface area contributed by atoms with Gasteiger partial charge in [-0.2, -0.15) is 0 Å². The molecule has 1 fully saturated rings. The molecule has 0 aromatic heterocycles. The molecule has 0 aromatic carbocycles. The fourth-order valence-corrected chi connectivity index (χ4v) is 11.3. The van der Waals surface area contributed by atoms with E-state index in [9.17, 15) is 67.1 Å². The van der Waals surface area contributed by atoms with Gasteiger partial charge in [0.1, 0.15) is 73.0 Å². The average Bonchev–Trinajstić information content (AvgIpc) is 0.934. The van der Waals surface area contributed by atoms with Gasteiger partial charge in [-0.05, 0) is 179 Å². The van der Waals surface area contributed by atoms with Crippen LogP contribution in [-0.4, -0.2) is 212 Å². The quantitative estimate of drug-likeness (QED) is 0.0156. The van der Waals surface area contributed by atoms with E-state index in [1.165, 1.54) is 6.92 Å². The number of unbranched alkanes of at least 4 members (excludes halogenated alkanes) is 4. The Morgan fingerprint density at radius 2 is 0.788 bits per heavy atom. The third-order valence-corrected chi connectivity index (χ3v) is 17.9. The number of carbonyl (C=O) groups is 14. The predicted octanol–water partition coefficient (Wildman–Crippen LogP) is -4.08. The first-order valence-corrected chi connectivity index (χ1v) is 36.9. The lowest BCUT2D eigenvalue weighted by Gasteiger charge is -2.31. The summed E-state index contributed by atoms with van der Waals surface area (Å²) in [6.45, 7) is 16.2. The van der Waals surface area contributed by atoms with E-state index in [1.807, 2.05) is 6.92 Å². The first-order chi connectivity index (χ1) is 49.2. The number of amides is 13. The maximum absolute atomic E-state index is 14.7. The Hall–Kier alpha value is -8.35. The molecular formula is C68H127N21O15. The number of aliphatic imine (C=N–C) groups is 1. The van der Waals surface area contributed by atoms with Crippen LogP contribution in [0.4, 0.5) is 0 Å². The van der Waals surface area contributed by atoms with Crippen molar-refractivity contribution in [3.8, 4) is 0 Å². The Labute approximate surface area is 612 Å². The summed E-state index contributed by atoms with van der Waals surface area (Å²) in [4.78, 5) is 197. The van der Waals surface area contributed by atoms with Crippen LogP contribution in [0, 0.1) is 23.7 Å². The molecule has 0 aliphatic carbocycles. The molecule has 104 heavy (non-hydrogen) atoms. The number of nitrogens with one attached hydrogen (secondary N) is 13. The number of hydrogen-bond donors (Lipinski definition) is 21. The molecule has 0 saturated carbocycles. The molecule has 13 amide bonds. The zero-order valence-corrected chi connectivity index (χ0v) is 62.7. The van der Waals surface area contributed by atoms with Gasteiger partial charge in [0.05, 0.1) is 6.04 Å². The zero-order chi connectivity index (χ0) is 78.6. The maximum atomic E-state index is 14.7. The molecule has 28 N–H and O–H groups in total. The van der Waals surface area contributed by atoms with Crippen molar-refractivity contribution in [3.05, 3.63) is 0 Å². The minimum absolute atomic E-state index is 0.0217. The SMILES string of the molecule is CC[C@H](C)[C@H](NC(=O)[C@H](CCCN=C(N)N)NC(=O)[C@@H]1CCCN1)C(=O)N[C@@H](CCCCN)C(=O)N[C@@H](CCCCN)C(=O)N[C@H](C(=O)N[C@H](C(=O)N[C@@H](CCC(N)=O)C(=O)N[C@@H](CCCCN)C(=O)N[C@@H](CCCCN)C(=O)N[C@@H](CC(C)C)C(=O)N[C@@H](C)C(=O)NCC(=O)O)C(C)C)[C@@H](C)CC. The second-order valence-electron chi connectivity index (χ2n) is 27.6. The first-order valence-electron chi connectivity index (χ1n) is 36.9. The molecule has 0 bridgehead atoms. The van der Waals surface area contributed by atoms with E-state index in [0.29, 0.717) is 77.2 Å². The van der Waals surface area contributed by atoms with Crippen molar-refractivity contribution in [2.24, 2.45) is 68.8 Å². The van der Waals surface area contributed by atoms with Gasteiger partial charge >= 0.3 is 5.97 Å². The van der Waals surface area contributed by atoms with Crippen LogP contribution in [-0.2, 0) is 67.1 Å². The van der Waals surface area contributed by atoms with E-state index in [1.54, 1.807) is 48.5 Å². The second-order valence-corrected chi connectivity index (χ2v) is 27.6. The molecule has 1 rings (SSSR count). The van der Waals surface area contributed by atoms with E-state index in [-0.39, 0.29) is 102 Å². The minimum atomic E-state index is -1.57. The molecule has 1 aliphatic heterocycles. The Morgan fingerprint density at radius 3 is 1.15 bits per heavy atom. The highest BCUT2D eigenvalue weighted by atomic mass is 16.4. The van der Waals surface area contributed by atoms with Crippen molar-refractivity contribution in [3.63, 3.8) is 0 Å². The van der Waals surface area contributed by atoms with E-state index in [4.69, 9.17) is 45.2 Å². The number of nitrogens with two attached hydrogens (primary N) is 7. The molecule has 14 atom stereocenters. The van der Waals surface area contributed by atoms with Gasteiger partial charge in [0, 0.05) is 13.0 Å². The molecule has 36 nitrogen and oxygen atoms in total. The second kappa shape index (κ2) is 51.8. The highest BCUT2D eigenvalue weighted by Crippen LogP contribution is 2.17. The van der Waals surface area contributed by atoms with Crippen LogP contribution in [0.25, 0.3) is 0 Å². The molecule has 0 unspecified atom stereocenters. The molecule has 0 radical (unpaired) electrons. The van der Waals surface area contributed by atoms with Gasteiger partial charge in [-0.3, -0.25) is 72.1 Å². The van der Waals surface area contributed by atoms with Gasteiger partial charge in [0.15, 0.2) is 5.96 Å². The number of nitrogens with zero attached hydrogens (tertiary/aromatic N) is 1. The Balaban J connectivity index is 3.66. The van der Waals surface area contributed by atoms with Gasteiger partial charge in [-0.15, -0.1) is 0 Å². The number of primary amides is 1. The van der Waals surface area contributed by atoms with Crippen molar-refractivity contribution < 1.29 is 72.2 Å². The van der Waals surface area contributed by atoms with Gasteiger partial charge in [0.2, 0.25) is 76.8 Å². The zero-order valence-electron chi connectivity index (χ0n) is 62.7. The average molecular weight is 1480 g/mol. The van der Waals surface area contributed by atoms with Crippen molar-refractivity contribution in [2.45, 2.75) is 270 Å². The van der Waals surface area contributed by atoms with E-state index >= 15 is 0 Å². The van der Waals surface area contributed by atoms with Crippen molar-refractivity contribution in [1.29, 1.82) is 0 Å². The summed E-state index contributed by atoms with van der Waals surface area (Å²) in [5, 5.41) is 44.2. The maximum Gasteiger partial charge on any atom is 0.322 e. The molecular weight excluding hydrogens is 1350 g/mol. The third kappa shape index (κ3) is 36.9. The first kappa shape index (κ1) is 93.7. The van der Waals surface area contributed by atoms with Gasteiger partial charge < -0.3 is 114 Å². The topological polar surface area (TPSA) is 610 Å². The lowest BCUT2D eigenvalue weighted by atomic mass is 9.95. The molecule has 594 valence electrons. The van der Waals surface area contributed by atoms with Crippen LogP contribution >= 0.6 is 0 Å². The van der Waals surface area contributed by atoms with Crippen LogP contribution in [0.5, 0.6) is 0 Å². The van der Waals surface area contributed by atoms with Crippen LogP contribution in [0.1, 0.15) is 197 Å². The summed E-state index contributed by atoms with van der Waals surface area (Å²) in [7, 11) is 0. The fraction of sp³-hybridized carbons (Fsp3) is 0.779. The largest absolute Gasteiger partial charge is 0.480 e. The summed E-state index contributed by atoms with van der Waals surface area (Å²) >= 11 is 0. The monoisotopic (exact) mass is 1480 g/mol. The van der Waals surface area contributed by atoms with Crippen molar-refractivity contribution >= 4 is 88.7 Å². The third-order valence-electron chi connectivity index (χ3n) is 17.9. The fourth-order valence-electron chi connectivity index (χ4n) is 11.3. The molecule has 1 aliphatic rings. The molecule has 0 spiro atoms. The van der Waals surface area contributed by atoms with Gasteiger partial charge in [0.25, 0.3) is 0 Å². The Bertz CT molecular complexity index is 2770. The van der Waals surface area contributed by atoms with Crippen LogP contribution in [0.2, 0.25) is 0 Å². The number of aliphatic carboxylic acids is 1. The highest BCUT2D eigenvalue weighted by molar-refractivity contribution is 6.00. The summed E-state index contributed by atoms with van der Waals surface area (Å²) in [5.41, 5.74) is 39.9. The molecule has 1 saturated heterocycles. The minimum Gasteiger partial charge on any atom is -0.480 e. The highest BCUT2D eigenvalue weighted by Gasteiger charge is 2.39. The summed E-state index contributed by atoms with van der Waals surface area (Å²) < 4.78 is 0. The summed E-state index contributed by atoms with van der Waals surface area (Å²) in [6.07, 6.45) is 4.85. The van der Waals surface area contributed by atoms with Gasteiger partial charge in [-0.25, -0.2) is 0 Å². The standard InChI is InChI=1S/C68H127N21O15/c1-10-40(7)54(88-63(100)48(27-21-35-77-68(74)75)80-57(94)43-26-20-34-76-43)66(103)84-46(24-14-18-32-71)59(96)83-47(25-15-19-33-72)62(99)89-55(41(8)11-2)67(104)87-53(39(5)6)65(102)85-49(28-29-51(73)90)61(98)82-44(22-12-16-30-69)58(95)81-45(23-13-17-31-70)60(97)86-50(36-38(3)4)64(101)79-42(9)56(93)78-37-52(91)92/h38-50,53-55,76H,10-37,69-72H2,1-9H3,(H2,73,90)(H,78,93)(H,79,101)(H,80,94)(H,81,95)(H,82,98)(H,83,96)(H,84,103)(H,85,102)(H,86,97)(H,87,104)(H,88,100)(H,89,99)(H,91,92)(H4,74,75,77)/t40-,41-,42-,43-,44-,45-,46-,47-,48-,49-,50-,53-,54-,55-/m0/s1. The van der Waals surface area contributed by atoms with E-state index in [2.05, 4.69) is 74.1 Å².